The average Bonchev–Trinajstić information content (AvgIpc) is 2.50. The van der Waals surface area contributed by atoms with E-state index in [1.165, 1.54) is 6.92 Å². The van der Waals surface area contributed by atoms with Gasteiger partial charge in [0.1, 0.15) is 12.3 Å². The third-order valence-corrected chi connectivity index (χ3v) is 4.68. The molecule has 1 aromatic carbocycles. The van der Waals surface area contributed by atoms with Crippen LogP contribution in [0.3, 0.4) is 0 Å². The van der Waals surface area contributed by atoms with E-state index >= 15 is 0 Å². The minimum absolute atomic E-state index is 0.101. The molecule has 0 heterocycles. The Morgan fingerprint density at radius 3 is 2.26 bits per heavy atom. The maximum absolute atomic E-state index is 12.3. The lowest BCUT2D eigenvalue weighted by atomic mass is 10.3. The molecule has 0 atom stereocenters. The van der Waals surface area contributed by atoms with E-state index in [1.807, 2.05) is 6.92 Å². The van der Waals surface area contributed by atoms with Gasteiger partial charge in [-0.25, -0.2) is 8.42 Å². The maximum Gasteiger partial charge on any atom is 0.327 e. The van der Waals surface area contributed by atoms with Crippen molar-refractivity contribution in [2.24, 2.45) is 0 Å². The Morgan fingerprint density at radius 2 is 1.78 bits per heavy atom. The molecule has 0 fully saturated rings. The number of anilines is 1. The molecule has 1 rings (SSSR count). The molecule has 0 aliphatic heterocycles. The first kappa shape index (κ1) is 19.3. The SMILES string of the molecule is CCCOc1ccc(N(CC(=O)OC(C)C)S(=O)(=O)CC)cc1. The average molecular weight is 343 g/mol. The summed E-state index contributed by atoms with van der Waals surface area (Å²) in [6.07, 6.45) is 0.595. The fourth-order valence-corrected chi connectivity index (χ4v) is 2.91. The number of rotatable bonds is 9. The Morgan fingerprint density at radius 1 is 1.17 bits per heavy atom. The van der Waals surface area contributed by atoms with Gasteiger partial charge in [0.05, 0.1) is 24.2 Å². The number of hydrogen-bond donors (Lipinski definition) is 0. The van der Waals surface area contributed by atoms with Crippen LogP contribution in [0.5, 0.6) is 5.75 Å². The molecule has 0 aromatic heterocycles. The molecule has 0 spiro atoms. The van der Waals surface area contributed by atoms with Gasteiger partial charge in [-0.3, -0.25) is 9.10 Å². The van der Waals surface area contributed by atoms with E-state index in [-0.39, 0.29) is 18.4 Å². The summed E-state index contributed by atoms with van der Waals surface area (Å²) in [6, 6.07) is 6.63. The molecular formula is C16H25NO5S. The van der Waals surface area contributed by atoms with Crippen molar-refractivity contribution in [2.45, 2.75) is 40.2 Å². The van der Waals surface area contributed by atoms with Gasteiger partial charge in [-0.15, -0.1) is 0 Å². The highest BCUT2D eigenvalue weighted by Gasteiger charge is 2.24. The van der Waals surface area contributed by atoms with Gasteiger partial charge in [-0.2, -0.15) is 0 Å². The lowest BCUT2D eigenvalue weighted by Crippen LogP contribution is -2.38. The summed E-state index contributed by atoms with van der Waals surface area (Å²) in [5, 5.41) is 0. The molecule has 0 radical (unpaired) electrons. The molecular weight excluding hydrogens is 318 g/mol. The minimum Gasteiger partial charge on any atom is -0.494 e. The van der Waals surface area contributed by atoms with Crippen molar-refractivity contribution < 1.29 is 22.7 Å². The molecule has 7 heteroatoms. The summed E-state index contributed by atoms with van der Waals surface area (Å²) < 4.78 is 36.1. The van der Waals surface area contributed by atoms with Gasteiger partial charge < -0.3 is 9.47 Å². The second-order valence-corrected chi connectivity index (χ2v) is 7.47. The van der Waals surface area contributed by atoms with Crippen molar-refractivity contribution in [3.05, 3.63) is 24.3 Å². The van der Waals surface area contributed by atoms with Crippen LogP contribution in [0.4, 0.5) is 5.69 Å². The minimum atomic E-state index is -3.58. The van der Waals surface area contributed by atoms with Crippen LogP contribution in [0.2, 0.25) is 0 Å². The largest absolute Gasteiger partial charge is 0.494 e. The van der Waals surface area contributed by atoms with E-state index in [9.17, 15) is 13.2 Å². The zero-order valence-corrected chi connectivity index (χ0v) is 14.9. The number of ether oxygens (including phenoxy) is 2. The summed E-state index contributed by atoms with van der Waals surface area (Å²) >= 11 is 0. The van der Waals surface area contributed by atoms with Crippen LogP contribution in [0.1, 0.15) is 34.1 Å². The zero-order valence-electron chi connectivity index (χ0n) is 14.1. The maximum atomic E-state index is 12.3. The normalized spacial score (nSPS) is 11.3. The van der Waals surface area contributed by atoms with Gasteiger partial charge in [0.2, 0.25) is 10.0 Å². The van der Waals surface area contributed by atoms with E-state index in [1.54, 1.807) is 38.1 Å². The highest BCUT2D eigenvalue weighted by molar-refractivity contribution is 7.92. The molecule has 1 aromatic rings. The first-order valence-corrected chi connectivity index (χ1v) is 9.33. The third-order valence-electron chi connectivity index (χ3n) is 2.94. The molecule has 6 nitrogen and oxygen atoms in total. The Balaban J connectivity index is 2.98. The summed E-state index contributed by atoms with van der Waals surface area (Å²) in [7, 11) is -3.58. The molecule has 0 N–H and O–H groups in total. The standard InChI is InChI=1S/C16H25NO5S/c1-5-11-21-15-9-7-14(8-10-15)17(23(19,20)6-2)12-16(18)22-13(3)4/h7-10,13H,5-6,11-12H2,1-4H3. The fraction of sp³-hybridized carbons (Fsp3) is 0.562. The lowest BCUT2D eigenvalue weighted by molar-refractivity contribution is -0.145. The van der Waals surface area contributed by atoms with Crippen LogP contribution in [0, 0.1) is 0 Å². The molecule has 0 amide bonds. The van der Waals surface area contributed by atoms with Crippen molar-refractivity contribution >= 4 is 21.7 Å². The Hall–Kier alpha value is -1.76. The summed E-state index contributed by atoms with van der Waals surface area (Å²) in [4.78, 5) is 11.9. The quantitative estimate of drug-likeness (QED) is 0.644. The Labute approximate surface area is 138 Å². The topological polar surface area (TPSA) is 72.9 Å². The van der Waals surface area contributed by atoms with Crippen LogP contribution < -0.4 is 9.04 Å². The predicted octanol–water partition coefficient (Wildman–Crippen LogP) is 2.58. The van der Waals surface area contributed by atoms with Crippen LogP contribution in [-0.2, 0) is 19.6 Å². The van der Waals surface area contributed by atoms with Gasteiger partial charge in [0.15, 0.2) is 0 Å². The Bertz CT molecular complexity index is 595. The summed E-state index contributed by atoms with van der Waals surface area (Å²) in [5.41, 5.74) is 0.413. The number of hydrogen-bond acceptors (Lipinski definition) is 5. The molecule has 0 unspecified atom stereocenters. The highest BCUT2D eigenvalue weighted by atomic mass is 32.2. The summed E-state index contributed by atoms with van der Waals surface area (Å²) in [5.74, 6) is -0.0201. The summed E-state index contributed by atoms with van der Waals surface area (Å²) in [6.45, 7) is 7.23. The van der Waals surface area contributed by atoms with Crippen molar-refractivity contribution in [3.8, 4) is 5.75 Å². The first-order valence-electron chi connectivity index (χ1n) is 7.73. The van der Waals surface area contributed by atoms with E-state index in [0.29, 0.717) is 18.0 Å². The van der Waals surface area contributed by atoms with Crippen molar-refractivity contribution in [2.75, 3.05) is 23.2 Å². The number of benzene rings is 1. The predicted molar refractivity (Wildman–Crippen MR) is 90.3 cm³/mol. The monoisotopic (exact) mass is 343 g/mol. The lowest BCUT2D eigenvalue weighted by Gasteiger charge is -2.23. The molecule has 0 bridgehead atoms. The van der Waals surface area contributed by atoms with E-state index in [4.69, 9.17) is 9.47 Å². The number of nitrogens with zero attached hydrogens (tertiary/aromatic N) is 1. The highest BCUT2D eigenvalue weighted by Crippen LogP contribution is 2.22. The van der Waals surface area contributed by atoms with Crippen molar-refractivity contribution in [3.63, 3.8) is 0 Å². The number of carbonyl (C=O) groups is 1. The van der Waals surface area contributed by atoms with Crippen LogP contribution in [0.15, 0.2) is 24.3 Å². The van der Waals surface area contributed by atoms with Crippen molar-refractivity contribution in [1.82, 2.24) is 0 Å². The van der Waals surface area contributed by atoms with Crippen LogP contribution in [0.25, 0.3) is 0 Å². The molecule has 0 aliphatic carbocycles. The number of sulfonamides is 1. The van der Waals surface area contributed by atoms with Crippen molar-refractivity contribution in [1.29, 1.82) is 0 Å². The fourth-order valence-electron chi connectivity index (χ4n) is 1.85. The third kappa shape index (κ3) is 6.09. The molecule has 0 aliphatic rings. The van der Waals surface area contributed by atoms with E-state index in [0.717, 1.165) is 10.7 Å². The second-order valence-electron chi connectivity index (χ2n) is 5.29. The number of carbonyl (C=O) groups excluding carboxylic acids is 1. The molecule has 0 saturated heterocycles. The van der Waals surface area contributed by atoms with Gasteiger partial charge >= 0.3 is 5.97 Å². The molecule has 0 saturated carbocycles. The van der Waals surface area contributed by atoms with Gasteiger partial charge in [-0.05, 0) is 51.5 Å². The van der Waals surface area contributed by atoms with Gasteiger partial charge in [0, 0.05) is 0 Å². The van der Waals surface area contributed by atoms with Gasteiger partial charge in [-0.1, -0.05) is 6.92 Å². The first-order chi connectivity index (χ1) is 10.8. The smallest absolute Gasteiger partial charge is 0.327 e. The Kier molecular flexibility index (Phi) is 7.35. The molecule has 130 valence electrons. The molecule has 23 heavy (non-hydrogen) atoms. The zero-order chi connectivity index (χ0) is 17.5. The number of esters is 1. The van der Waals surface area contributed by atoms with Crippen LogP contribution in [-0.4, -0.2) is 39.4 Å². The van der Waals surface area contributed by atoms with E-state index < -0.39 is 16.0 Å². The van der Waals surface area contributed by atoms with E-state index in [2.05, 4.69) is 0 Å². The van der Waals surface area contributed by atoms with Gasteiger partial charge in [0.25, 0.3) is 0 Å². The van der Waals surface area contributed by atoms with Crippen LogP contribution >= 0.6 is 0 Å². The second kappa shape index (κ2) is 8.76.